The number of fused-ring (bicyclic) bond motifs is 2. The number of hydrogen-bond donors (Lipinski definition) is 1. The number of nitrogens with zero attached hydrogens (tertiary/aromatic N) is 2. The molecular weight excluding hydrogens is 470 g/mol. The summed E-state index contributed by atoms with van der Waals surface area (Å²) in [4.78, 5) is 19.1. The van der Waals surface area contributed by atoms with Gasteiger partial charge >= 0.3 is 0 Å². The van der Waals surface area contributed by atoms with E-state index in [1.165, 1.54) is 12.8 Å². The molecule has 2 saturated heterocycles. The highest BCUT2D eigenvalue weighted by Gasteiger charge is 2.28. The molecule has 0 amide bonds. The minimum Gasteiger partial charge on any atom is -0.490 e. The zero-order valence-corrected chi connectivity index (χ0v) is 22.0. The fourth-order valence-electron chi connectivity index (χ4n) is 5.80. The van der Waals surface area contributed by atoms with Gasteiger partial charge in [-0.2, -0.15) is 0 Å². The van der Waals surface area contributed by atoms with Gasteiger partial charge in [0.2, 0.25) is 5.75 Å². The monoisotopic (exact) mass is 507 g/mol. The van der Waals surface area contributed by atoms with Gasteiger partial charge in [0.1, 0.15) is 0 Å². The predicted molar refractivity (Wildman–Crippen MR) is 145 cm³/mol. The first kappa shape index (κ1) is 25.5. The lowest BCUT2D eigenvalue weighted by Crippen LogP contribution is -2.37. The van der Waals surface area contributed by atoms with Gasteiger partial charge in [0, 0.05) is 24.0 Å². The Kier molecular flexibility index (Phi) is 7.96. The fourth-order valence-corrected chi connectivity index (χ4v) is 5.80. The van der Waals surface area contributed by atoms with E-state index in [1.807, 2.05) is 30.3 Å². The van der Waals surface area contributed by atoms with Crippen molar-refractivity contribution in [1.82, 2.24) is 9.88 Å². The average molecular weight is 508 g/mol. The Bertz CT molecular complexity index is 1230. The number of methoxy groups -OCH3 is 1. The second kappa shape index (κ2) is 11.5. The Labute approximate surface area is 218 Å². The molecule has 3 aromatic rings. The summed E-state index contributed by atoms with van der Waals surface area (Å²) in [6.07, 6.45) is 5.51. The Morgan fingerprint density at radius 1 is 1.11 bits per heavy atom. The van der Waals surface area contributed by atoms with Gasteiger partial charge in [-0.1, -0.05) is 18.2 Å². The molecule has 2 aliphatic heterocycles. The molecule has 2 aromatic carbocycles. The maximum Gasteiger partial charge on any atom is 0.298 e. The Morgan fingerprint density at radius 2 is 1.86 bits per heavy atom. The second-order valence-electron chi connectivity index (χ2n) is 10.2. The van der Waals surface area contributed by atoms with Crippen LogP contribution in [0.2, 0.25) is 0 Å². The molecule has 3 heterocycles. The van der Waals surface area contributed by atoms with Gasteiger partial charge in [0.25, 0.3) is 6.47 Å². The predicted octanol–water partition coefficient (Wildman–Crippen LogP) is 5.16. The van der Waals surface area contributed by atoms with Crippen LogP contribution < -0.4 is 19.5 Å². The van der Waals surface area contributed by atoms with E-state index in [-0.39, 0.29) is 18.2 Å². The molecule has 2 atom stereocenters. The highest BCUT2D eigenvalue weighted by atomic mass is 16.6. The Hall–Kier alpha value is -3.10. The lowest BCUT2D eigenvalue weighted by atomic mass is 9.98. The molecule has 2 fully saturated rings. The number of pyridine rings is 1. The molecule has 2 aliphatic rings. The summed E-state index contributed by atoms with van der Waals surface area (Å²) < 4.78 is 23.5. The number of carbonyl (C=O) groups is 1. The van der Waals surface area contributed by atoms with E-state index >= 15 is 0 Å². The van der Waals surface area contributed by atoms with E-state index in [9.17, 15) is 4.79 Å². The number of para-hydroxylation sites is 1. The third kappa shape index (κ3) is 5.60. The van der Waals surface area contributed by atoms with Crippen LogP contribution in [0.25, 0.3) is 21.8 Å². The molecule has 1 aromatic heterocycles. The number of aromatic nitrogens is 1. The van der Waals surface area contributed by atoms with Gasteiger partial charge < -0.3 is 29.2 Å². The van der Waals surface area contributed by atoms with Crippen LogP contribution in [-0.4, -0.2) is 68.0 Å². The molecule has 0 radical (unpaired) electrons. The maximum atomic E-state index is 11.7. The maximum absolute atomic E-state index is 11.7. The molecule has 1 N–H and O–H groups in total. The van der Waals surface area contributed by atoms with Crippen LogP contribution in [0.4, 0.5) is 5.69 Å². The molecule has 5 rings (SSSR count). The topological polar surface area (TPSA) is 82.2 Å². The van der Waals surface area contributed by atoms with Crippen LogP contribution in [0.15, 0.2) is 30.3 Å². The van der Waals surface area contributed by atoms with Crippen molar-refractivity contribution in [1.29, 1.82) is 0 Å². The van der Waals surface area contributed by atoms with E-state index in [1.54, 1.807) is 7.11 Å². The molecule has 198 valence electrons. The highest BCUT2D eigenvalue weighted by molar-refractivity contribution is 6.11. The zero-order chi connectivity index (χ0) is 25.8. The van der Waals surface area contributed by atoms with E-state index in [0.29, 0.717) is 41.2 Å². The lowest BCUT2D eigenvalue weighted by molar-refractivity contribution is -0.120. The number of likely N-dealkylation sites (tertiary alicyclic amines) is 1. The second-order valence-corrected chi connectivity index (χ2v) is 10.2. The number of hydrogen-bond acceptors (Lipinski definition) is 8. The third-order valence-electron chi connectivity index (χ3n) is 7.34. The minimum atomic E-state index is 0.154. The number of benzene rings is 2. The summed E-state index contributed by atoms with van der Waals surface area (Å²) in [5.41, 5.74) is 2.41. The number of anilines is 1. The van der Waals surface area contributed by atoms with Crippen LogP contribution in [0, 0.1) is 0 Å². The SMILES string of the molecule is COc1c(OCCCN2CCCC2)cc2nc3ccccc3c(NC3CC(C)OC(C)C3)c2c1OC=O. The molecule has 37 heavy (non-hydrogen) atoms. The average Bonchev–Trinajstić information content (AvgIpc) is 3.39. The Balaban J connectivity index is 1.55. The standard InChI is InChI=1S/C29H37N3O5/c1-19-15-21(16-20(2)37-19)30-27-22-9-4-5-10-23(22)31-24-17-25(28(34-3)29(26(24)27)36-18-33)35-14-8-13-32-11-6-7-12-32/h4-5,9-10,17-21H,6-8,11-16H2,1-3H3,(H,30,31). The summed E-state index contributed by atoms with van der Waals surface area (Å²) in [6.45, 7) is 8.50. The minimum absolute atomic E-state index is 0.154. The fraction of sp³-hybridized carbons (Fsp3) is 0.517. The van der Waals surface area contributed by atoms with Gasteiger partial charge in [0.05, 0.1) is 48.0 Å². The molecule has 2 unspecified atom stereocenters. The van der Waals surface area contributed by atoms with Crippen molar-refractivity contribution < 1.29 is 23.7 Å². The molecule has 0 saturated carbocycles. The van der Waals surface area contributed by atoms with E-state index in [0.717, 1.165) is 55.5 Å². The smallest absolute Gasteiger partial charge is 0.298 e. The molecule has 0 bridgehead atoms. The molecule has 8 heteroatoms. The molecule has 0 spiro atoms. The van der Waals surface area contributed by atoms with Crippen LogP contribution in [0.1, 0.15) is 46.0 Å². The normalized spacial score (nSPS) is 22.3. The van der Waals surface area contributed by atoms with Gasteiger partial charge in [-0.25, -0.2) is 4.98 Å². The van der Waals surface area contributed by atoms with Crippen molar-refractivity contribution in [3.63, 3.8) is 0 Å². The first-order valence-corrected chi connectivity index (χ1v) is 13.4. The van der Waals surface area contributed by atoms with E-state index in [2.05, 4.69) is 24.1 Å². The number of nitrogens with one attached hydrogen (secondary N) is 1. The first-order valence-electron chi connectivity index (χ1n) is 13.4. The molecule has 8 nitrogen and oxygen atoms in total. The van der Waals surface area contributed by atoms with Crippen LogP contribution in [-0.2, 0) is 9.53 Å². The Morgan fingerprint density at radius 3 is 2.59 bits per heavy atom. The van der Waals surface area contributed by atoms with Crippen LogP contribution >= 0.6 is 0 Å². The largest absolute Gasteiger partial charge is 0.490 e. The van der Waals surface area contributed by atoms with Crippen molar-refractivity contribution in [3.8, 4) is 17.2 Å². The molecule has 0 aliphatic carbocycles. The van der Waals surface area contributed by atoms with Crippen LogP contribution in [0.3, 0.4) is 0 Å². The first-order chi connectivity index (χ1) is 18.1. The lowest BCUT2D eigenvalue weighted by Gasteiger charge is -2.33. The highest BCUT2D eigenvalue weighted by Crippen LogP contribution is 2.48. The van der Waals surface area contributed by atoms with Crippen LogP contribution in [0.5, 0.6) is 17.2 Å². The summed E-state index contributed by atoms with van der Waals surface area (Å²) >= 11 is 0. The summed E-state index contributed by atoms with van der Waals surface area (Å²) in [7, 11) is 1.57. The summed E-state index contributed by atoms with van der Waals surface area (Å²) in [5.74, 6) is 1.24. The van der Waals surface area contributed by atoms with Crippen molar-refractivity contribution in [2.24, 2.45) is 0 Å². The zero-order valence-electron chi connectivity index (χ0n) is 22.0. The van der Waals surface area contributed by atoms with Gasteiger partial charge in [-0.3, -0.25) is 4.79 Å². The summed E-state index contributed by atoms with van der Waals surface area (Å²) in [6, 6.07) is 10.1. The van der Waals surface area contributed by atoms with Crippen molar-refractivity contribution >= 4 is 34.0 Å². The summed E-state index contributed by atoms with van der Waals surface area (Å²) in [5, 5.41) is 5.43. The molecular formula is C29H37N3O5. The van der Waals surface area contributed by atoms with Gasteiger partial charge in [-0.15, -0.1) is 0 Å². The van der Waals surface area contributed by atoms with Crippen molar-refractivity contribution in [2.45, 2.75) is 64.2 Å². The van der Waals surface area contributed by atoms with Gasteiger partial charge in [0.15, 0.2) is 11.5 Å². The number of rotatable bonds is 10. The number of ether oxygens (including phenoxy) is 4. The van der Waals surface area contributed by atoms with E-state index in [4.69, 9.17) is 23.9 Å². The van der Waals surface area contributed by atoms with Crippen molar-refractivity contribution in [2.75, 3.05) is 38.7 Å². The van der Waals surface area contributed by atoms with Gasteiger partial charge in [-0.05, 0) is 65.1 Å². The van der Waals surface area contributed by atoms with Crippen molar-refractivity contribution in [3.05, 3.63) is 30.3 Å². The number of carbonyl (C=O) groups excluding carboxylic acids is 1. The quantitative estimate of drug-likeness (QED) is 0.229. The third-order valence-corrected chi connectivity index (χ3v) is 7.34. The van der Waals surface area contributed by atoms with E-state index < -0.39 is 0 Å².